The van der Waals surface area contributed by atoms with Gasteiger partial charge in [-0.25, -0.2) is 4.79 Å². The van der Waals surface area contributed by atoms with Gasteiger partial charge in [0.25, 0.3) is 0 Å². The topological polar surface area (TPSA) is 29.5 Å². The molecular formula is C11H11NO2S. The lowest BCUT2D eigenvalue weighted by Gasteiger charge is -2.04. The van der Waals surface area contributed by atoms with E-state index in [-0.39, 0.29) is 6.09 Å². The fraction of sp³-hybridized carbons (Fsp3) is 0.182. The number of hydrogen-bond acceptors (Lipinski definition) is 3. The summed E-state index contributed by atoms with van der Waals surface area (Å²) in [4.78, 5) is 13.8. The molecule has 1 aliphatic rings. The first kappa shape index (κ1) is 10.1. The van der Waals surface area contributed by atoms with E-state index in [1.807, 2.05) is 35.7 Å². The molecule has 1 aromatic carbocycles. The molecule has 78 valence electrons. The number of cyclic esters (lactones) is 1. The minimum Gasteiger partial charge on any atom is -0.447 e. The van der Waals surface area contributed by atoms with E-state index >= 15 is 0 Å². The number of nitrogens with zero attached hydrogens (tertiary/aromatic N) is 1. The van der Waals surface area contributed by atoms with Crippen molar-refractivity contribution in [3.63, 3.8) is 0 Å². The first-order valence-corrected chi connectivity index (χ1v) is 5.56. The zero-order valence-electron chi connectivity index (χ0n) is 8.13. The molecule has 0 radical (unpaired) electrons. The highest BCUT2D eigenvalue weighted by molar-refractivity contribution is 8.02. The van der Waals surface area contributed by atoms with E-state index in [0.29, 0.717) is 13.2 Å². The van der Waals surface area contributed by atoms with Crippen LogP contribution in [0.3, 0.4) is 0 Å². The summed E-state index contributed by atoms with van der Waals surface area (Å²) in [6, 6.07) is 10.0. The summed E-state index contributed by atoms with van der Waals surface area (Å²) in [6.07, 6.45) is 1.49. The van der Waals surface area contributed by atoms with E-state index in [1.165, 1.54) is 0 Å². The second-order valence-corrected chi connectivity index (χ2v) is 4.00. The maximum atomic E-state index is 11.1. The van der Waals surface area contributed by atoms with Crippen LogP contribution in [0.15, 0.2) is 46.8 Å². The van der Waals surface area contributed by atoms with Gasteiger partial charge in [0, 0.05) is 11.1 Å². The third kappa shape index (κ3) is 2.76. The summed E-state index contributed by atoms with van der Waals surface area (Å²) < 4.78 is 4.79. The maximum Gasteiger partial charge on any atom is 0.413 e. The standard InChI is InChI=1S/C11H11NO2S/c13-11-12(6-8-14-11)7-9-15-10-4-2-1-3-5-10/h1-5,7,9H,6,8H2/b9-7+. The van der Waals surface area contributed by atoms with Crippen LogP contribution in [0, 0.1) is 0 Å². The summed E-state index contributed by atoms with van der Waals surface area (Å²) in [6.45, 7) is 1.13. The molecule has 0 unspecified atom stereocenters. The Hall–Kier alpha value is -1.42. The van der Waals surface area contributed by atoms with Crippen molar-refractivity contribution in [1.82, 2.24) is 4.90 Å². The summed E-state index contributed by atoms with van der Waals surface area (Å²) in [7, 11) is 0. The molecule has 1 saturated heterocycles. The number of hydrogen-bond donors (Lipinski definition) is 0. The van der Waals surface area contributed by atoms with Crippen LogP contribution in [-0.4, -0.2) is 24.1 Å². The van der Waals surface area contributed by atoms with Crippen molar-refractivity contribution in [2.45, 2.75) is 4.90 Å². The average Bonchev–Trinajstić information content (AvgIpc) is 2.66. The van der Waals surface area contributed by atoms with Gasteiger partial charge in [-0.2, -0.15) is 0 Å². The zero-order chi connectivity index (χ0) is 10.5. The second-order valence-electron chi connectivity index (χ2n) is 3.02. The fourth-order valence-corrected chi connectivity index (χ4v) is 1.90. The van der Waals surface area contributed by atoms with Gasteiger partial charge < -0.3 is 4.74 Å². The first-order valence-electron chi connectivity index (χ1n) is 4.68. The highest BCUT2D eigenvalue weighted by atomic mass is 32.2. The van der Waals surface area contributed by atoms with Crippen molar-refractivity contribution in [2.24, 2.45) is 0 Å². The molecule has 0 aromatic heterocycles. The number of carbonyl (C=O) groups excluding carboxylic acids is 1. The van der Waals surface area contributed by atoms with Gasteiger partial charge in [0.1, 0.15) is 6.61 Å². The SMILES string of the molecule is O=C1OCCN1/C=C/Sc1ccccc1. The zero-order valence-corrected chi connectivity index (χ0v) is 8.94. The average molecular weight is 221 g/mol. The van der Waals surface area contributed by atoms with E-state index in [9.17, 15) is 4.79 Å². The van der Waals surface area contributed by atoms with E-state index in [2.05, 4.69) is 0 Å². The Morgan fingerprint density at radius 1 is 1.33 bits per heavy atom. The highest BCUT2D eigenvalue weighted by Crippen LogP contribution is 2.18. The van der Waals surface area contributed by atoms with Crippen LogP contribution < -0.4 is 0 Å². The van der Waals surface area contributed by atoms with Gasteiger partial charge in [-0.1, -0.05) is 30.0 Å². The molecule has 2 rings (SSSR count). The molecule has 4 heteroatoms. The third-order valence-electron chi connectivity index (χ3n) is 1.98. The molecule has 0 saturated carbocycles. The molecule has 0 atom stereocenters. The summed E-state index contributed by atoms with van der Waals surface area (Å²) in [5.74, 6) is 0. The van der Waals surface area contributed by atoms with Crippen LogP contribution in [-0.2, 0) is 4.74 Å². The quantitative estimate of drug-likeness (QED) is 0.735. The highest BCUT2D eigenvalue weighted by Gasteiger charge is 2.18. The first-order chi connectivity index (χ1) is 7.36. The molecule has 3 nitrogen and oxygen atoms in total. The number of thioether (sulfide) groups is 1. The molecule has 0 spiro atoms. The molecule has 0 aliphatic carbocycles. The monoisotopic (exact) mass is 221 g/mol. The Morgan fingerprint density at radius 2 is 2.13 bits per heavy atom. The lowest BCUT2D eigenvalue weighted by molar-refractivity contribution is 0.166. The lowest BCUT2D eigenvalue weighted by Crippen LogP contribution is -2.16. The molecule has 1 heterocycles. The van der Waals surface area contributed by atoms with Crippen molar-refractivity contribution >= 4 is 17.9 Å². The van der Waals surface area contributed by atoms with Gasteiger partial charge in [-0.15, -0.1) is 0 Å². The predicted octanol–water partition coefficient (Wildman–Crippen LogP) is 2.70. The third-order valence-corrected chi connectivity index (χ3v) is 2.78. The summed E-state index contributed by atoms with van der Waals surface area (Å²) in [5, 5.41) is 1.89. The number of benzene rings is 1. The number of ether oxygens (including phenoxy) is 1. The van der Waals surface area contributed by atoms with Gasteiger partial charge in [-0.05, 0) is 17.5 Å². The predicted molar refractivity (Wildman–Crippen MR) is 59.5 cm³/mol. The van der Waals surface area contributed by atoms with Crippen LogP contribution in [0.1, 0.15) is 0 Å². The van der Waals surface area contributed by atoms with Crippen molar-refractivity contribution < 1.29 is 9.53 Å². The van der Waals surface area contributed by atoms with Gasteiger partial charge in [0.15, 0.2) is 0 Å². The van der Waals surface area contributed by atoms with Crippen molar-refractivity contribution in [1.29, 1.82) is 0 Å². The Balaban J connectivity index is 1.88. The van der Waals surface area contributed by atoms with Gasteiger partial charge in [0.2, 0.25) is 0 Å². The van der Waals surface area contributed by atoms with Crippen molar-refractivity contribution in [3.05, 3.63) is 41.9 Å². The van der Waals surface area contributed by atoms with Crippen molar-refractivity contribution in [2.75, 3.05) is 13.2 Å². The van der Waals surface area contributed by atoms with Gasteiger partial charge in [-0.3, -0.25) is 4.90 Å². The Morgan fingerprint density at radius 3 is 2.80 bits per heavy atom. The molecule has 1 aliphatic heterocycles. The summed E-state index contributed by atoms with van der Waals surface area (Å²) >= 11 is 1.58. The number of amides is 1. The van der Waals surface area contributed by atoms with E-state index in [0.717, 1.165) is 4.90 Å². The molecule has 0 bridgehead atoms. The Kier molecular flexibility index (Phi) is 3.29. The number of carbonyl (C=O) groups is 1. The van der Waals surface area contributed by atoms with Gasteiger partial charge >= 0.3 is 6.09 Å². The van der Waals surface area contributed by atoms with E-state index < -0.39 is 0 Å². The van der Waals surface area contributed by atoms with Gasteiger partial charge in [0.05, 0.1) is 6.54 Å². The molecule has 1 fully saturated rings. The second kappa shape index (κ2) is 4.89. The molecule has 0 N–H and O–H groups in total. The maximum absolute atomic E-state index is 11.1. The molecular weight excluding hydrogens is 210 g/mol. The van der Waals surface area contributed by atoms with Crippen molar-refractivity contribution in [3.8, 4) is 0 Å². The van der Waals surface area contributed by atoms with Crippen LogP contribution in [0.5, 0.6) is 0 Å². The number of rotatable bonds is 3. The Labute approximate surface area is 92.7 Å². The van der Waals surface area contributed by atoms with E-state index in [4.69, 9.17) is 4.74 Å². The normalized spacial score (nSPS) is 16.0. The molecule has 1 aromatic rings. The minimum atomic E-state index is -0.264. The van der Waals surface area contributed by atoms with Crippen LogP contribution in [0.2, 0.25) is 0 Å². The Bertz CT molecular complexity index is 364. The molecule has 1 amide bonds. The summed E-state index contributed by atoms with van der Waals surface area (Å²) in [5.41, 5.74) is 0. The fourth-order valence-electron chi connectivity index (χ4n) is 1.22. The minimum absolute atomic E-state index is 0.264. The van der Waals surface area contributed by atoms with Crippen LogP contribution >= 0.6 is 11.8 Å². The largest absolute Gasteiger partial charge is 0.447 e. The van der Waals surface area contributed by atoms with E-state index in [1.54, 1.807) is 22.9 Å². The van der Waals surface area contributed by atoms with Crippen LogP contribution in [0.4, 0.5) is 4.79 Å². The smallest absolute Gasteiger partial charge is 0.413 e. The molecule has 15 heavy (non-hydrogen) atoms. The van der Waals surface area contributed by atoms with Crippen LogP contribution in [0.25, 0.3) is 0 Å². The lowest BCUT2D eigenvalue weighted by atomic mass is 10.4.